The van der Waals surface area contributed by atoms with Crippen molar-refractivity contribution >= 4 is 11.6 Å². The number of nitrogen functional groups attached to an aromatic ring is 1. The van der Waals surface area contributed by atoms with Crippen molar-refractivity contribution in [2.45, 2.75) is 39.1 Å². The maximum atomic E-state index is 13.3. The molecule has 1 aliphatic heterocycles. The minimum atomic E-state index is -0.811. The molecule has 0 saturated carbocycles. The van der Waals surface area contributed by atoms with Crippen molar-refractivity contribution in [1.29, 1.82) is 0 Å². The van der Waals surface area contributed by atoms with Crippen LogP contribution >= 0.6 is 0 Å². The molecule has 1 amide bonds. The second kappa shape index (κ2) is 8.84. The second-order valence-electron chi connectivity index (χ2n) is 8.08. The predicted molar refractivity (Wildman–Crippen MR) is 120 cm³/mol. The van der Waals surface area contributed by atoms with Crippen molar-refractivity contribution in [1.82, 2.24) is 14.9 Å². The molecule has 4 rings (SSSR count). The molecule has 0 spiro atoms. The highest BCUT2D eigenvalue weighted by Gasteiger charge is 2.34. The van der Waals surface area contributed by atoms with Gasteiger partial charge in [0.05, 0.1) is 13.2 Å². The number of hydrogen-bond donors (Lipinski definition) is 2. The summed E-state index contributed by atoms with van der Waals surface area (Å²) in [4.78, 5) is 31.0. The van der Waals surface area contributed by atoms with Crippen LogP contribution in [0.4, 0.5) is 5.69 Å². The van der Waals surface area contributed by atoms with Crippen molar-refractivity contribution in [2.75, 3.05) is 12.3 Å². The van der Waals surface area contributed by atoms with Gasteiger partial charge in [-0.25, -0.2) is 4.98 Å². The molecule has 0 atom stereocenters. The lowest BCUT2D eigenvalue weighted by Crippen LogP contribution is -2.43. The largest absolute Gasteiger partial charge is 0.481 e. The van der Waals surface area contributed by atoms with Crippen molar-refractivity contribution in [2.24, 2.45) is 0 Å². The molecule has 0 fully saturated rings. The SMILES string of the molecule is CC1(C)OCCn2c1nc(C(=O)NCc1ccccc1N)c(OCc1ccccc1)c2=O. The van der Waals surface area contributed by atoms with Crippen LogP contribution in [0.2, 0.25) is 0 Å². The molecular weight excluding hydrogens is 408 g/mol. The topological polar surface area (TPSA) is 108 Å². The zero-order valence-electron chi connectivity index (χ0n) is 18.1. The minimum absolute atomic E-state index is 0.0646. The van der Waals surface area contributed by atoms with Crippen LogP contribution in [-0.4, -0.2) is 22.1 Å². The smallest absolute Gasteiger partial charge is 0.296 e. The van der Waals surface area contributed by atoms with Gasteiger partial charge in [-0.2, -0.15) is 0 Å². The van der Waals surface area contributed by atoms with E-state index in [4.69, 9.17) is 15.2 Å². The van der Waals surface area contributed by atoms with Gasteiger partial charge in [0.25, 0.3) is 11.5 Å². The number of nitrogens with zero attached hydrogens (tertiary/aromatic N) is 2. The highest BCUT2D eigenvalue weighted by atomic mass is 16.5. The van der Waals surface area contributed by atoms with E-state index in [0.29, 0.717) is 24.7 Å². The average Bonchev–Trinajstić information content (AvgIpc) is 2.78. The van der Waals surface area contributed by atoms with Crippen LogP contribution < -0.4 is 21.3 Å². The van der Waals surface area contributed by atoms with Crippen LogP contribution in [0.5, 0.6) is 5.75 Å². The normalized spacial score (nSPS) is 14.4. The molecule has 0 unspecified atom stereocenters. The summed E-state index contributed by atoms with van der Waals surface area (Å²) in [7, 11) is 0. The zero-order valence-corrected chi connectivity index (χ0v) is 18.1. The van der Waals surface area contributed by atoms with Gasteiger partial charge in [-0.3, -0.25) is 14.2 Å². The Balaban J connectivity index is 1.69. The van der Waals surface area contributed by atoms with Gasteiger partial charge in [0.2, 0.25) is 5.75 Å². The van der Waals surface area contributed by atoms with E-state index in [-0.39, 0.29) is 24.6 Å². The maximum absolute atomic E-state index is 13.3. The van der Waals surface area contributed by atoms with E-state index in [0.717, 1.165) is 11.1 Å². The molecular formula is C24H26N4O4. The molecule has 0 aliphatic carbocycles. The summed E-state index contributed by atoms with van der Waals surface area (Å²) in [6, 6.07) is 16.7. The first-order valence-electron chi connectivity index (χ1n) is 10.4. The van der Waals surface area contributed by atoms with Crippen molar-refractivity contribution in [3.05, 3.63) is 87.6 Å². The third-order valence-corrected chi connectivity index (χ3v) is 5.38. The van der Waals surface area contributed by atoms with Crippen LogP contribution in [0.25, 0.3) is 0 Å². The lowest BCUT2D eigenvalue weighted by Gasteiger charge is -2.32. The summed E-state index contributed by atoms with van der Waals surface area (Å²) < 4.78 is 13.2. The Kier molecular flexibility index (Phi) is 5.96. The van der Waals surface area contributed by atoms with Crippen molar-refractivity contribution < 1.29 is 14.3 Å². The van der Waals surface area contributed by atoms with Crippen LogP contribution in [0.3, 0.4) is 0 Å². The first-order valence-corrected chi connectivity index (χ1v) is 10.4. The monoisotopic (exact) mass is 434 g/mol. The number of anilines is 1. The van der Waals surface area contributed by atoms with Gasteiger partial charge >= 0.3 is 0 Å². The molecule has 1 aliphatic rings. The molecule has 1 aromatic heterocycles. The predicted octanol–water partition coefficient (Wildman–Crippen LogP) is 2.60. The Labute approximate surface area is 186 Å². The van der Waals surface area contributed by atoms with Crippen LogP contribution in [-0.2, 0) is 30.0 Å². The average molecular weight is 434 g/mol. The molecule has 32 heavy (non-hydrogen) atoms. The standard InChI is InChI=1S/C24H26N4O4/c1-24(2)23-27-19(21(29)26-14-17-10-6-7-11-18(17)25)20(22(30)28(23)12-13-32-24)31-15-16-8-4-3-5-9-16/h3-11H,12-15,25H2,1-2H3,(H,26,29). The number of ether oxygens (including phenoxy) is 2. The van der Waals surface area contributed by atoms with E-state index in [9.17, 15) is 9.59 Å². The second-order valence-corrected chi connectivity index (χ2v) is 8.08. The summed E-state index contributed by atoms with van der Waals surface area (Å²) in [6.45, 7) is 4.70. The van der Waals surface area contributed by atoms with Gasteiger partial charge in [-0.15, -0.1) is 0 Å². The Hall–Kier alpha value is -3.65. The lowest BCUT2D eigenvalue weighted by molar-refractivity contribution is -0.0567. The number of aromatic nitrogens is 2. The van der Waals surface area contributed by atoms with Crippen molar-refractivity contribution in [3.8, 4) is 5.75 Å². The number of nitrogens with two attached hydrogens (primary N) is 1. The number of hydrogen-bond acceptors (Lipinski definition) is 6. The maximum Gasteiger partial charge on any atom is 0.296 e. The molecule has 0 bridgehead atoms. The fraction of sp³-hybridized carbons (Fsp3) is 0.292. The Morgan fingerprint density at radius 3 is 2.66 bits per heavy atom. The van der Waals surface area contributed by atoms with E-state index in [1.54, 1.807) is 6.07 Å². The number of amides is 1. The number of rotatable bonds is 6. The van der Waals surface area contributed by atoms with E-state index >= 15 is 0 Å². The molecule has 166 valence electrons. The highest BCUT2D eigenvalue weighted by Crippen LogP contribution is 2.28. The van der Waals surface area contributed by atoms with Gasteiger partial charge in [-0.05, 0) is 31.0 Å². The molecule has 0 saturated heterocycles. The Bertz CT molecular complexity index is 1190. The zero-order chi connectivity index (χ0) is 22.7. The third-order valence-electron chi connectivity index (χ3n) is 5.38. The number of benzene rings is 2. The molecule has 0 radical (unpaired) electrons. The van der Waals surface area contributed by atoms with E-state index in [1.807, 2.05) is 62.4 Å². The summed E-state index contributed by atoms with van der Waals surface area (Å²) in [5, 5.41) is 2.81. The number of fused-ring (bicyclic) bond motifs is 1. The van der Waals surface area contributed by atoms with E-state index in [2.05, 4.69) is 10.3 Å². The Morgan fingerprint density at radius 1 is 1.19 bits per heavy atom. The number of carbonyl (C=O) groups is 1. The van der Waals surface area contributed by atoms with Gasteiger partial charge in [-0.1, -0.05) is 48.5 Å². The number of nitrogens with one attached hydrogen (secondary N) is 1. The molecule has 8 heteroatoms. The molecule has 3 N–H and O–H groups in total. The Morgan fingerprint density at radius 2 is 1.91 bits per heavy atom. The number of carbonyl (C=O) groups excluding carboxylic acids is 1. The highest BCUT2D eigenvalue weighted by molar-refractivity contribution is 5.94. The van der Waals surface area contributed by atoms with Crippen LogP contribution in [0.1, 0.15) is 41.3 Å². The molecule has 2 heterocycles. The quantitative estimate of drug-likeness (QED) is 0.578. The third kappa shape index (κ3) is 4.36. The molecule has 8 nitrogen and oxygen atoms in total. The fourth-order valence-corrected chi connectivity index (χ4v) is 3.63. The lowest BCUT2D eigenvalue weighted by atomic mass is 10.1. The molecule has 2 aromatic carbocycles. The van der Waals surface area contributed by atoms with Crippen LogP contribution in [0, 0.1) is 0 Å². The van der Waals surface area contributed by atoms with Gasteiger partial charge in [0.1, 0.15) is 18.0 Å². The van der Waals surface area contributed by atoms with Gasteiger partial charge in [0.15, 0.2) is 5.69 Å². The number of para-hydroxylation sites is 1. The fourth-order valence-electron chi connectivity index (χ4n) is 3.63. The first-order chi connectivity index (χ1) is 15.4. The van der Waals surface area contributed by atoms with Gasteiger partial charge < -0.3 is 20.5 Å². The summed E-state index contributed by atoms with van der Waals surface area (Å²) in [5.41, 5.74) is 6.92. The van der Waals surface area contributed by atoms with E-state index < -0.39 is 17.1 Å². The minimum Gasteiger partial charge on any atom is -0.481 e. The summed E-state index contributed by atoms with van der Waals surface area (Å²) >= 11 is 0. The summed E-state index contributed by atoms with van der Waals surface area (Å²) in [6.07, 6.45) is 0. The van der Waals surface area contributed by atoms with E-state index in [1.165, 1.54) is 4.57 Å². The first kappa shape index (κ1) is 21.6. The van der Waals surface area contributed by atoms with Gasteiger partial charge in [0, 0.05) is 12.2 Å². The van der Waals surface area contributed by atoms with Crippen molar-refractivity contribution in [3.63, 3.8) is 0 Å². The van der Waals surface area contributed by atoms with Crippen LogP contribution in [0.15, 0.2) is 59.4 Å². The molecule has 3 aromatic rings. The summed E-state index contributed by atoms with van der Waals surface area (Å²) in [5.74, 6) is -0.197.